The Hall–Kier alpha value is -4.19. The van der Waals surface area contributed by atoms with Crippen LogP contribution < -0.4 is 0 Å². The summed E-state index contributed by atoms with van der Waals surface area (Å²) in [5.41, 5.74) is 0. The van der Waals surface area contributed by atoms with Crippen molar-refractivity contribution in [3.8, 4) is 0 Å². The van der Waals surface area contributed by atoms with E-state index in [2.05, 4.69) is 136 Å². The van der Waals surface area contributed by atoms with Gasteiger partial charge in [0, 0.05) is 19.3 Å². The maximum absolute atomic E-state index is 12.9. The summed E-state index contributed by atoms with van der Waals surface area (Å²) in [6.45, 7) is 6.41. The van der Waals surface area contributed by atoms with Gasteiger partial charge in [-0.2, -0.15) is 0 Å². The van der Waals surface area contributed by atoms with Gasteiger partial charge in [-0.1, -0.05) is 245 Å². The van der Waals surface area contributed by atoms with Gasteiger partial charge in [0.2, 0.25) is 0 Å². The van der Waals surface area contributed by atoms with Gasteiger partial charge < -0.3 is 14.2 Å². The number of carbonyl (C=O) groups excluding carboxylic acids is 3. The smallest absolute Gasteiger partial charge is 0.306 e. The van der Waals surface area contributed by atoms with E-state index < -0.39 is 6.10 Å². The molecule has 0 aliphatic carbocycles. The molecular formula is C67H110O6. The van der Waals surface area contributed by atoms with E-state index in [-0.39, 0.29) is 37.5 Å². The highest BCUT2D eigenvalue weighted by Gasteiger charge is 2.19. The molecular weight excluding hydrogens is 901 g/mol. The van der Waals surface area contributed by atoms with Gasteiger partial charge in [-0.25, -0.2) is 0 Å². The highest BCUT2D eigenvalue weighted by atomic mass is 16.6. The zero-order valence-electron chi connectivity index (χ0n) is 47.4. The van der Waals surface area contributed by atoms with Crippen molar-refractivity contribution in [3.63, 3.8) is 0 Å². The molecule has 0 bridgehead atoms. The number of ether oxygens (including phenoxy) is 3. The first kappa shape index (κ1) is 68.8. The van der Waals surface area contributed by atoms with Crippen molar-refractivity contribution in [2.24, 2.45) is 0 Å². The van der Waals surface area contributed by atoms with Crippen LogP contribution >= 0.6 is 0 Å². The molecule has 0 aromatic rings. The van der Waals surface area contributed by atoms with Crippen LogP contribution in [0.25, 0.3) is 0 Å². The van der Waals surface area contributed by atoms with E-state index in [1.165, 1.54) is 116 Å². The second kappa shape index (κ2) is 60.4. The zero-order chi connectivity index (χ0) is 52.9. The molecule has 0 amide bonds. The molecule has 0 spiro atoms. The molecule has 0 aromatic heterocycles. The number of hydrogen-bond acceptors (Lipinski definition) is 6. The lowest BCUT2D eigenvalue weighted by molar-refractivity contribution is -0.166. The molecule has 0 saturated heterocycles. The predicted octanol–water partition coefficient (Wildman–Crippen LogP) is 20.4. The van der Waals surface area contributed by atoms with Gasteiger partial charge in [0.05, 0.1) is 0 Å². The van der Waals surface area contributed by atoms with Gasteiger partial charge in [0.1, 0.15) is 13.2 Å². The molecule has 0 aliphatic rings. The molecule has 0 N–H and O–H groups in total. The Balaban J connectivity index is 4.54. The minimum Gasteiger partial charge on any atom is -0.462 e. The van der Waals surface area contributed by atoms with Gasteiger partial charge >= 0.3 is 17.9 Å². The summed E-state index contributed by atoms with van der Waals surface area (Å²) in [5.74, 6) is -1.02. The van der Waals surface area contributed by atoms with Gasteiger partial charge in [-0.3, -0.25) is 14.4 Å². The van der Waals surface area contributed by atoms with Gasteiger partial charge in [0.15, 0.2) is 6.10 Å². The van der Waals surface area contributed by atoms with Crippen molar-refractivity contribution in [1.82, 2.24) is 0 Å². The van der Waals surface area contributed by atoms with Crippen LogP contribution in [0.2, 0.25) is 0 Å². The van der Waals surface area contributed by atoms with Crippen LogP contribution in [0.1, 0.15) is 265 Å². The van der Waals surface area contributed by atoms with Crippen LogP contribution in [0, 0.1) is 0 Å². The van der Waals surface area contributed by atoms with E-state index in [1.807, 2.05) is 6.08 Å². The number of carbonyl (C=O) groups is 3. The van der Waals surface area contributed by atoms with E-state index in [9.17, 15) is 14.4 Å². The SMILES string of the molecule is CC/C=C\C/C=C\C/C=C\C/C=C\CCCCCCC(=O)OC[C@H](COC(=O)CC/C=C\C/C=C\C/C=C\C/C=C\C/C=C\CCCCC)OC(=O)CCCCCCCCCCC/C=C\CCCCCCCC. The molecule has 0 unspecified atom stereocenters. The Labute approximate surface area is 450 Å². The van der Waals surface area contributed by atoms with Crippen molar-refractivity contribution in [2.45, 2.75) is 271 Å². The summed E-state index contributed by atoms with van der Waals surface area (Å²) in [6.07, 6.45) is 83.4. The summed E-state index contributed by atoms with van der Waals surface area (Å²) in [4.78, 5) is 38.2. The molecule has 6 nitrogen and oxygen atoms in total. The molecule has 1 atom stereocenters. The molecule has 0 rings (SSSR count). The minimum atomic E-state index is -0.824. The summed E-state index contributed by atoms with van der Waals surface area (Å²) in [7, 11) is 0. The van der Waals surface area contributed by atoms with Crippen molar-refractivity contribution < 1.29 is 28.6 Å². The van der Waals surface area contributed by atoms with Crippen LogP contribution in [-0.2, 0) is 28.6 Å². The summed E-state index contributed by atoms with van der Waals surface area (Å²) in [6, 6.07) is 0. The first-order chi connectivity index (χ1) is 36.0. The fraction of sp³-hybridized carbons (Fsp3) is 0.657. The first-order valence-electron chi connectivity index (χ1n) is 30.0. The first-order valence-corrected chi connectivity index (χ1v) is 30.0. The van der Waals surface area contributed by atoms with E-state index in [0.717, 1.165) is 103 Å². The molecule has 73 heavy (non-hydrogen) atoms. The van der Waals surface area contributed by atoms with Crippen LogP contribution in [0.4, 0.5) is 0 Å². The van der Waals surface area contributed by atoms with Crippen LogP contribution in [0.15, 0.2) is 122 Å². The molecule has 0 aliphatic heterocycles. The van der Waals surface area contributed by atoms with Crippen molar-refractivity contribution in [1.29, 1.82) is 0 Å². The fourth-order valence-corrected chi connectivity index (χ4v) is 7.94. The Bertz CT molecular complexity index is 1540. The second-order valence-corrected chi connectivity index (χ2v) is 19.5. The molecule has 0 fully saturated rings. The summed E-state index contributed by atoms with van der Waals surface area (Å²) >= 11 is 0. The van der Waals surface area contributed by atoms with Crippen molar-refractivity contribution >= 4 is 17.9 Å². The van der Waals surface area contributed by atoms with Crippen LogP contribution in [-0.4, -0.2) is 37.2 Å². The van der Waals surface area contributed by atoms with E-state index in [4.69, 9.17) is 14.2 Å². The lowest BCUT2D eigenvalue weighted by Crippen LogP contribution is -2.30. The van der Waals surface area contributed by atoms with Crippen LogP contribution in [0.3, 0.4) is 0 Å². The van der Waals surface area contributed by atoms with Gasteiger partial charge in [-0.05, 0) is 122 Å². The molecule has 0 aromatic carbocycles. The third-order valence-corrected chi connectivity index (χ3v) is 12.4. The molecule has 414 valence electrons. The van der Waals surface area contributed by atoms with Crippen LogP contribution in [0.5, 0.6) is 0 Å². The second-order valence-electron chi connectivity index (χ2n) is 19.5. The molecule has 0 saturated carbocycles. The van der Waals surface area contributed by atoms with Crippen molar-refractivity contribution in [3.05, 3.63) is 122 Å². The third-order valence-electron chi connectivity index (χ3n) is 12.4. The molecule has 0 radical (unpaired) electrons. The molecule has 6 heteroatoms. The number of allylic oxidation sites excluding steroid dienone is 20. The predicted molar refractivity (Wildman–Crippen MR) is 316 cm³/mol. The third kappa shape index (κ3) is 58.6. The largest absolute Gasteiger partial charge is 0.462 e. The monoisotopic (exact) mass is 1010 g/mol. The standard InChI is InChI=1S/C67H110O6/c1-4-7-10-13-16-19-22-25-28-31-33-36-39-42-45-48-51-54-57-60-66(69)72-63-64(62-71-65(68)59-56-53-50-47-44-41-38-35-30-27-24-21-18-15-12-9-6-3)73-67(70)61-58-55-52-49-46-43-40-37-34-32-29-26-23-20-17-14-11-8-5-2/h9,12,16,18-19,21,25-30,33,36,38,41-42,45,51,54,64H,4-8,10-11,13-15,17,20,22-24,31-32,34-35,37,39-40,43-44,46-50,52-53,55-63H2,1-3H3/b12-9-,19-16-,21-18-,28-25-,29-26-,30-27-,36-33-,41-38-,45-42-,54-51-/t64-/m1/s1. The zero-order valence-corrected chi connectivity index (χ0v) is 47.4. The van der Waals surface area contributed by atoms with E-state index in [0.29, 0.717) is 19.3 Å². The maximum Gasteiger partial charge on any atom is 0.306 e. The average Bonchev–Trinajstić information content (AvgIpc) is 3.39. The number of esters is 3. The quantitative estimate of drug-likeness (QED) is 0.0261. The number of rotatable bonds is 53. The summed E-state index contributed by atoms with van der Waals surface area (Å²) < 4.78 is 16.8. The normalized spacial score (nSPS) is 13.0. The highest BCUT2D eigenvalue weighted by Crippen LogP contribution is 2.14. The Morgan fingerprint density at radius 3 is 0.959 bits per heavy atom. The minimum absolute atomic E-state index is 0.117. The summed E-state index contributed by atoms with van der Waals surface area (Å²) in [5, 5.41) is 0. The van der Waals surface area contributed by atoms with Crippen molar-refractivity contribution in [2.75, 3.05) is 13.2 Å². The average molecular weight is 1010 g/mol. The maximum atomic E-state index is 12.9. The van der Waals surface area contributed by atoms with E-state index >= 15 is 0 Å². The number of unbranched alkanes of at least 4 members (excludes halogenated alkanes) is 22. The topological polar surface area (TPSA) is 78.9 Å². The van der Waals surface area contributed by atoms with Gasteiger partial charge in [-0.15, -0.1) is 0 Å². The fourth-order valence-electron chi connectivity index (χ4n) is 7.94. The van der Waals surface area contributed by atoms with Gasteiger partial charge in [0.25, 0.3) is 0 Å². The lowest BCUT2D eigenvalue weighted by atomic mass is 10.1. The molecule has 0 heterocycles. The Morgan fingerprint density at radius 1 is 0.288 bits per heavy atom. The highest BCUT2D eigenvalue weighted by molar-refractivity contribution is 5.71. The lowest BCUT2D eigenvalue weighted by Gasteiger charge is -2.18. The Morgan fingerprint density at radius 2 is 0.562 bits per heavy atom. The number of hydrogen-bond donors (Lipinski definition) is 0. The van der Waals surface area contributed by atoms with E-state index in [1.54, 1.807) is 0 Å². The Kier molecular flexibility index (Phi) is 56.9.